The summed E-state index contributed by atoms with van der Waals surface area (Å²) in [5.41, 5.74) is 1.14. The Labute approximate surface area is 199 Å². The molecule has 1 heterocycles. The van der Waals surface area contributed by atoms with Crippen molar-refractivity contribution in [1.82, 2.24) is 4.90 Å². The molecule has 6 heteroatoms. The van der Waals surface area contributed by atoms with Crippen LogP contribution in [0.2, 0.25) is 5.02 Å². The van der Waals surface area contributed by atoms with E-state index in [1.807, 2.05) is 36.4 Å². The normalized spacial score (nSPS) is 18.3. The summed E-state index contributed by atoms with van der Waals surface area (Å²) in [6.45, 7) is 1.85. The number of fused-ring (bicyclic) bond motifs is 1. The molecule has 1 saturated heterocycles. The number of halogens is 1. The molecule has 4 rings (SSSR count). The molecule has 0 aromatic heterocycles. The molecule has 3 aromatic carbocycles. The van der Waals surface area contributed by atoms with Crippen LogP contribution in [0.1, 0.15) is 24.8 Å². The molecule has 0 aliphatic carbocycles. The van der Waals surface area contributed by atoms with Gasteiger partial charge in [0.05, 0.1) is 6.61 Å². The zero-order valence-electron chi connectivity index (χ0n) is 18.9. The summed E-state index contributed by atoms with van der Waals surface area (Å²) in [6.07, 6.45) is 2.29. The number of carbonyl (C=O) groups is 1. The smallest absolute Gasteiger partial charge is 0.209 e. The van der Waals surface area contributed by atoms with Crippen LogP contribution >= 0.6 is 11.6 Å². The summed E-state index contributed by atoms with van der Waals surface area (Å²) in [6, 6.07) is 20.0. The van der Waals surface area contributed by atoms with Crippen molar-refractivity contribution in [3.05, 3.63) is 71.2 Å². The quantitative estimate of drug-likeness (QED) is 0.354. The largest absolute Gasteiger partial charge is 0.385 e. The van der Waals surface area contributed by atoms with Gasteiger partial charge in [0.15, 0.2) is 0 Å². The van der Waals surface area contributed by atoms with E-state index in [1.165, 1.54) is 0 Å². The Bertz CT molecular complexity index is 1100. The van der Waals surface area contributed by atoms with Gasteiger partial charge in [-0.15, -0.1) is 0 Å². The highest BCUT2D eigenvalue weighted by Crippen LogP contribution is 2.43. The van der Waals surface area contributed by atoms with Crippen LogP contribution in [0.3, 0.4) is 0 Å². The summed E-state index contributed by atoms with van der Waals surface area (Å²) in [7, 11) is 1.67. The molecule has 174 valence electrons. The Morgan fingerprint density at radius 1 is 1.15 bits per heavy atom. The standard InChI is InChI=1S/C27H30ClNO4/c1-32-15-5-4-13-27(31,25-18-29(19-30)14-16-33-25)23-9-6-10-24(28)26(23)22-12-11-20-7-2-3-8-21(20)17-22/h2-3,6-12,17,19,25,31H,4-5,13-16,18H2,1H3/t25-,27-/m1/s1. The van der Waals surface area contributed by atoms with Crippen LogP contribution < -0.4 is 0 Å². The number of benzene rings is 3. The number of carbonyl (C=O) groups excluding carboxylic acids is 1. The Balaban J connectivity index is 1.80. The molecule has 0 saturated carbocycles. The van der Waals surface area contributed by atoms with E-state index in [4.69, 9.17) is 21.1 Å². The van der Waals surface area contributed by atoms with Crippen molar-refractivity contribution in [2.45, 2.75) is 31.0 Å². The molecular weight excluding hydrogens is 438 g/mol. The van der Waals surface area contributed by atoms with E-state index in [0.29, 0.717) is 37.7 Å². The van der Waals surface area contributed by atoms with Gasteiger partial charge in [-0.05, 0) is 53.3 Å². The average Bonchev–Trinajstić information content (AvgIpc) is 2.86. The minimum absolute atomic E-state index is 0.327. The van der Waals surface area contributed by atoms with E-state index >= 15 is 0 Å². The first-order chi connectivity index (χ1) is 16.1. The van der Waals surface area contributed by atoms with Gasteiger partial charge in [0, 0.05) is 37.4 Å². The number of hydrogen-bond acceptors (Lipinski definition) is 4. The van der Waals surface area contributed by atoms with Crippen LogP contribution in [0.25, 0.3) is 21.9 Å². The third-order valence-corrected chi connectivity index (χ3v) is 6.77. The fraction of sp³-hybridized carbons (Fsp3) is 0.370. The van der Waals surface area contributed by atoms with E-state index in [1.54, 1.807) is 12.0 Å². The van der Waals surface area contributed by atoms with Gasteiger partial charge in [0.2, 0.25) is 6.41 Å². The van der Waals surface area contributed by atoms with Crippen LogP contribution in [0.15, 0.2) is 60.7 Å². The lowest BCUT2D eigenvalue weighted by molar-refractivity contribution is -0.158. The van der Waals surface area contributed by atoms with Gasteiger partial charge in [-0.2, -0.15) is 0 Å². The van der Waals surface area contributed by atoms with Crippen molar-refractivity contribution in [2.75, 3.05) is 33.4 Å². The van der Waals surface area contributed by atoms with Crippen LogP contribution in [-0.4, -0.2) is 55.9 Å². The molecule has 3 aromatic rings. The van der Waals surface area contributed by atoms with Crippen molar-refractivity contribution in [1.29, 1.82) is 0 Å². The molecule has 1 fully saturated rings. The van der Waals surface area contributed by atoms with Gasteiger partial charge in [-0.3, -0.25) is 4.79 Å². The summed E-state index contributed by atoms with van der Waals surface area (Å²) < 4.78 is 11.3. The minimum Gasteiger partial charge on any atom is -0.385 e. The predicted octanol–water partition coefficient (Wildman–Crippen LogP) is 5.02. The number of morpholine rings is 1. The van der Waals surface area contributed by atoms with Crippen molar-refractivity contribution in [3.63, 3.8) is 0 Å². The zero-order valence-corrected chi connectivity index (χ0v) is 19.6. The highest BCUT2D eigenvalue weighted by Gasteiger charge is 2.43. The molecule has 5 nitrogen and oxygen atoms in total. The van der Waals surface area contributed by atoms with Gasteiger partial charge in [0.1, 0.15) is 11.7 Å². The lowest BCUT2D eigenvalue weighted by Gasteiger charge is -2.42. The molecule has 1 N–H and O–H groups in total. The first kappa shape index (κ1) is 23.7. The van der Waals surface area contributed by atoms with E-state index in [0.717, 1.165) is 46.7 Å². The van der Waals surface area contributed by atoms with Crippen LogP contribution in [0.5, 0.6) is 0 Å². The first-order valence-electron chi connectivity index (χ1n) is 11.4. The van der Waals surface area contributed by atoms with Gasteiger partial charge < -0.3 is 19.5 Å². The number of rotatable bonds is 9. The number of ether oxygens (including phenoxy) is 2. The fourth-order valence-electron chi connectivity index (χ4n) is 4.69. The van der Waals surface area contributed by atoms with Gasteiger partial charge in [0.25, 0.3) is 0 Å². The van der Waals surface area contributed by atoms with E-state index in [9.17, 15) is 9.90 Å². The van der Waals surface area contributed by atoms with Crippen molar-refractivity contribution in [3.8, 4) is 11.1 Å². The third kappa shape index (κ3) is 5.07. The lowest BCUT2D eigenvalue weighted by atomic mass is 9.79. The number of unbranched alkanes of at least 4 members (excludes halogenated alkanes) is 1. The van der Waals surface area contributed by atoms with E-state index < -0.39 is 11.7 Å². The Morgan fingerprint density at radius 3 is 2.76 bits per heavy atom. The average molecular weight is 468 g/mol. The third-order valence-electron chi connectivity index (χ3n) is 6.45. The van der Waals surface area contributed by atoms with Crippen LogP contribution in [-0.2, 0) is 19.9 Å². The number of hydrogen-bond donors (Lipinski definition) is 1. The van der Waals surface area contributed by atoms with Gasteiger partial charge in [-0.25, -0.2) is 0 Å². The zero-order chi connectivity index (χ0) is 23.3. The molecule has 0 spiro atoms. The minimum atomic E-state index is -1.32. The summed E-state index contributed by atoms with van der Waals surface area (Å²) >= 11 is 6.76. The second kappa shape index (κ2) is 10.7. The van der Waals surface area contributed by atoms with Crippen LogP contribution in [0.4, 0.5) is 0 Å². The fourth-order valence-corrected chi connectivity index (χ4v) is 4.97. The first-order valence-corrected chi connectivity index (χ1v) is 11.7. The monoisotopic (exact) mass is 467 g/mol. The molecule has 2 atom stereocenters. The maximum atomic E-state index is 12.2. The topological polar surface area (TPSA) is 59.0 Å². The SMILES string of the molecule is COCCCC[C@@](O)(c1cccc(Cl)c1-c1ccc2ccccc2c1)[C@H]1CN(C=O)CCO1. The molecular formula is C27H30ClNO4. The van der Waals surface area contributed by atoms with E-state index in [2.05, 4.69) is 24.3 Å². The summed E-state index contributed by atoms with van der Waals surface area (Å²) in [5.74, 6) is 0. The number of aliphatic hydroxyl groups is 1. The Hall–Kier alpha value is -2.44. The molecule has 0 unspecified atom stereocenters. The highest BCUT2D eigenvalue weighted by atomic mass is 35.5. The van der Waals surface area contributed by atoms with Crippen molar-refractivity contribution in [2.24, 2.45) is 0 Å². The second-order valence-corrected chi connectivity index (χ2v) is 8.97. The van der Waals surface area contributed by atoms with Crippen molar-refractivity contribution < 1.29 is 19.4 Å². The number of nitrogens with zero attached hydrogens (tertiary/aromatic N) is 1. The maximum absolute atomic E-state index is 12.2. The van der Waals surface area contributed by atoms with Gasteiger partial charge in [-0.1, -0.05) is 60.1 Å². The number of amides is 1. The van der Waals surface area contributed by atoms with Gasteiger partial charge >= 0.3 is 0 Å². The predicted molar refractivity (Wildman–Crippen MR) is 131 cm³/mol. The Morgan fingerprint density at radius 2 is 1.97 bits per heavy atom. The maximum Gasteiger partial charge on any atom is 0.209 e. The molecule has 1 aliphatic rings. The molecule has 0 radical (unpaired) electrons. The summed E-state index contributed by atoms with van der Waals surface area (Å²) in [5, 5.41) is 15.0. The molecule has 0 bridgehead atoms. The molecule has 1 amide bonds. The number of methoxy groups -OCH3 is 1. The Kier molecular flexibility index (Phi) is 7.66. The summed E-state index contributed by atoms with van der Waals surface area (Å²) in [4.78, 5) is 13.1. The highest BCUT2D eigenvalue weighted by molar-refractivity contribution is 6.33. The van der Waals surface area contributed by atoms with E-state index in [-0.39, 0.29) is 0 Å². The molecule has 33 heavy (non-hydrogen) atoms. The van der Waals surface area contributed by atoms with Crippen molar-refractivity contribution >= 4 is 28.8 Å². The second-order valence-electron chi connectivity index (χ2n) is 8.56. The lowest BCUT2D eigenvalue weighted by Crippen LogP contribution is -2.52. The van der Waals surface area contributed by atoms with Crippen LogP contribution in [0, 0.1) is 0 Å². The molecule has 1 aliphatic heterocycles.